The lowest BCUT2D eigenvalue weighted by atomic mass is 10.0. The third kappa shape index (κ3) is 3.49. The molecule has 0 saturated heterocycles. The first-order valence-corrected chi connectivity index (χ1v) is 9.56. The topological polar surface area (TPSA) is 52.0 Å². The van der Waals surface area contributed by atoms with Gasteiger partial charge in [-0.15, -0.1) is 0 Å². The largest absolute Gasteiger partial charge is 0.432 e. The van der Waals surface area contributed by atoms with Gasteiger partial charge in [-0.05, 0) is 16.8 Å². The molecule has 0 unspecified atom stereocenters. The summed E-state index contributed by atoms with van der Waals surface area (Å²) >= 11 is 0. The molecular formula is C23H12F5N3O2. The summed E-state index contributed by atoms with van der Waals surface area (Å²) in [4.78, 5) is 9.29. The van der Waals surface area contributed by atoms with E-state index in [4.69, 9.17) is 9.25 Å². The fraction of sp³-hybridized carbons (Fsp3) is 0.0435. The number of imidazole rings is 1. The maximum Gasteiger partial charge on any atom is 0.306 e. The third-order valence-electron chi connectivity index (χ3n) is 5.08. The first kappa shape index (κ1) is 20.7. The molecule has 0 saturated carbocycles. The predicted octanol–water partition coefficient (Wildman–Crippen LogP) is 5.99. The molecule has 33 heavy (non-hydrogen) atoms. The van der Waals surface area contributed by atoms with Gasteiger partial charge < -0.3 is 9.25 Å². The Kier molecular flexibility index (Phi) is 5.04. The van der Waals surface area contributed by atoms with E-state index in [2.05, 4.69) is 10.1 Å². The number of aromatic nitrogens is 2. The molecule has 5 rings (SSSR count). The number of benzene rings is 3. The molecule has 2 heterocycles. The van der Waals surface area contributed by atoms with Crippen molar-refractivity contribution >= 4 is 22.8 Å². The predicted molar refractivity (Wildman–Crippen MR) is 109 cm³/mol. The summed E-state index contributed by atoms with van der Waals surface area (Å²) in [7, 11) is 0. The molecule has 2 aromatic heterocycles. The molecule has 5 aromatic rings. The summed E-state index contributed by atoms with van der Waals surface area (Å²) in [5.74, 6) is -10.0. The summed E-state index contributed by atoms with van der Waals surface area (Å²) in [6.45, 7) is -0.971. The smallest absolute Gasteiger partial charge is 0.306 e. The first-order chi connectivity index (χ1) is 16.0. The van der Waals surface area contributed by atoms with Gasteiger partial charge in [-0.1, -0.05) is 41.6 Å². The molecule has 0 aliphatic carbocycles. The molecule has 3 aromatic carbocycles. The molecule has 0 spiro atoms. The normalized spacial score (nSPS) is 11.8. The minimum absolute atomic E-state index is 0.263. The second kappa shape index (κ2) is 8.05. The molecule has 0 aliphatic heterocycles. The van der Waals surface area contributed by atoms with E-state index in [1.54, 1.807) is 10.6 Å². The van der Waals surface area contributed by atoms with Crippen LogP contribution in [0, 0.1) is 29.1 Å². The lowest BCUT2D eigenvalue weighted by molar-refractivity contribution is 0.124. The maximum atomic E-state index is 13.8. The number of oxime groups is 1. The van der Waals surface area contributed by atoms with Crippen LogP contribution in [0.2, 0.25) is 0 Å². The van der Waals surface area contributed by atoms with Gasteiger partial charge in [0.15, 0.2) is 23.3 Å². The number of oxazole rings is 1. The second-order valence-corrected chi connectivity index (χ2v) is 7.02. The van der Waals surface area contributed by atoms with Crippen LogP contribution in [0.3, 0.4) is 0 Å². The van der Waals surface area contributed by atoms with Crippen molar-refractivity contribution < 1.29 is 31.2 Å². The molecule has 0 atom stereocenters. The van der Waals surface area contributed by atoms with Crippen LogP contribution in [0.4, 0.5) is 22.0 Å². The summed E-state index contributed by atoms with van der Waals surface area (Å²) in [6, 6.07) is 13.4. The average Bonchev–Trinajstić information content (AvgIpc) is 3.43. The zero-order chi connectivity index (χ0) is 23.1. The van der Waals surface area contributed by atoms with E-state index in [1.165, 1.54) is 12.5 Å². The van der Waals surface area contributed by atoms with Gasteiger partial charge in [-0.3, -0.25) is 4.40 Å². The van der Waals surface area contributed by atoms with Gasteiger partial charge in [0.1, 0.15) is 18.6 Å². The standard InChI is InChI=1S/C23H12F5N3O2/c24-17-15(18(25)20(27)21(28)19(17)26)11-33-29-10-16-22(30-23-31(16)7-8-32-23)14-6-5-12-3-1-2-4-13(12)9-14/h1-10H,11H2/b29-10+. The SMILES string of the molecule is Fc1c(F)c(F)c(CO/N=C/c2c(-c3ccc4ccccc4c3)nc3occn23)c(F)c1F. The highest BCUT2D eigenvalue weighted by Crippen LogP contribution is 2.28. The molecule has 10 heteroatoms. The van der Waals surface area contributed by atoms with Gasteiger partial charge in [0.2, 0.25) is 5.82 Å². The molecule has 0 bridgehead atoms. The zero-order valence-electron chi connectivity index (χ0n) is 16.5. The zero-order valence-corrected chi connectivity index (χ0v) is 16.5. The number of hydrogen-bond acceptors (Lipinski definition) is 4. The lowest BCUT2D eigenvalue weighted by Crippen LogP contribution is -2.07. The Morgan fingerprint density at radius 2 is 1.61 bits per heavy atom. The average molecular weight is 457 g/mol. The van der Waals surface area contributed by atoms with Crippen molar-refractivity contribution in [3.05, 3.63) is 95.3 Å². The van der Waals surface area contributed by atoms with E-state index in [0.29, 0.717) is 11.4 Å². The molecular weight excluding hydrogens is 445 g/mol. The summed E-state index contributed by atoms with van der Waals surface area (Å²) in [5.41, 5.74) is 0.531. The van der Waals surface area contributed by atoms with Crippen LogP contribution in [0.1, 0.15) is 11.3 Å². The Balaban J connectivity index is 1.47. The molecule has 0 radical (unpaired) electrons. The highest BCUT2D eigenvalue weighted by Gasteiger charge is 2.26. The number of nitrogens with zero attached hydrogens (tertiary/aromatic N) is 3. The molecule has 0 aliphatic rings. The van der Waals surface area contributed by atoms with E-state index in [9.17, 15) is 22.0 Å². The lowest BCUT2D eigenvalue weighted by Gasteiger charge is -2.07. The Morgan fingerprint density at radius 1 is 0.909 bits per heavy atom. The van der Waals surface area contributed by atoms with Crippen LogP contribution in [-0.2, 0) is 11.4 Å². The molecule has 166 valence electrons. The monoisotopic (exact) mass is 457 g/mol. The van der Waals surface area contributed by atoms with Crippen molar-refractivity contribution in [1.29, 1.82) is 0 Å². The van der Waals surface area contributed by atoms with Crippen molar-refractivity contribution in [1.82, 2.24) is 9.38 Å². The van der Waals surface area contributed by atoms with Gasteiger partial charge in [0.25, 0.3) is 0 Å². The van der Waals surface area contributed by atoms with Crippen LogP contribution in [0.25, 0.3) is 27.9 Å². The Labute approximate surface area is 182 Å². The molecule has 5 nitrogen and oxygen atoms in total. The van der Waals surface area contributed by atoms with E-state index >= 15 is 0 Å². The van der Waals surface area contributed by atoms with Crippen LogP contribution >= 0.6 is 0 Å². The highest BCUT2D eigenvalue weighted by atomic mass is 19.2. The highest BCUT2D eigenvalue weighted by molar-refractivity contribution is 5.92. The van der Waals surface area contributed by atoms with Gasteiger partial charge in [-0.25, -0.2) is 22.0 Å². The van der Waals surface area contributed by atoms with E-state index in [-0.39, 0.29) is 5.84 Å². The third-order valence-corrected chi connectivity index (χ3v) is 5.08. The van der Waals surface area contributed by atoms with Crippen molar-refractivity contribution in [3.63, 3.8) is 0 Å². The fourth-order valence-corrected chi connectivity index (χ4v) is 3.44. The quantitative estimate of drug-likeness (QED) is 0.107. The van der Waals surface area contributed by atoms with E-state index < -0.39 is 41.3 Å². The minimum Gasteiger partial charge on any atom is -0.432 e. The van der Waals surface area contributed by atoms with Gasteiger partial charge in [0.05, 0.1) is 17.5 Å². The number of halogens is 5. The summed E-state index contributed by atoms with van der Waals surface area (Å²) in [5, 5.41) is 5.66. The Morgan fingerprint density at radius 3 is 2.36 bits per heavy atom. The van der Waals surface area contributed by atoms with Crippen LogP contribution in [0.5, 0.6) is 0 Å². The van der Waals surface area contributed by atoms with E-state index in [0.717, 1.165) is 16.3 Å². The van der Waals surface area contributed by atoms with Crippen LogP contribution < -0.4 is 0 Å². The van der Waals surface area contributed by atoms with Crippen LogP contribution in [-0.4, -0.2) is 15.6 Å². The van der Waals surface area contributed by atoms with Crippen molar-refractivity contribution in [2.45, 2.75) is 6.61 Å². The second-order valence-electron chi connectivity index (χ2n) is 7.02. The fourth-order valence-electron chi connectivity index (χ4n) is 3.44. The number of fused-ring (bicyclic) bond motifs is 2. The first-order valence-electron chi connectivity index (χ1n) is 9.56. The van der Waals surface area contributed by atoms with Gasteiger partial charge in [0, 0.05) is 11.8 Å². The molecule has 0 N–H and O–H groups in total. The Bertz CT molecular complexity index is 1510. The van der Waals surface area contributed by atoms with Gasteiger partial charge >= 0.3 is 5.84 Å². The Hall–Kier alpha value is -4.21. The molecule has 0 amide bonds. The van der Waals surface area contributed by atoms with E-state index in [1.807, 2.05) is 42.5 Å². The van der Waals surface area contributed by atoms with Crippen molar-refractivity contribution in [2.24, 2.45) is 5.16 Å². The molecule has 0 fully saturated rings. The summed E-state index contributed by atoms with van der Waals surface area (Å²) < 4.78 is 74.4. The van der Waals surface area contributed by atoms with Gasteiger partial charge in [-0.2, -0.15) is 4.98 Å². The van der Waals surface area contributed by atoms with Crippen molar-refractivity contribution in [2.75, 3.05) is 0 Å². The number of rotatable bonds is 5. The van der Waals surface area contributed by atoms with Crippen LogP contribution in [0.15, 0.2) is 64.5 Å². The summed E-state index contributed by atoms with van der Waals surface area (Å²) in [6.07, 6.45) is 4.20. The minimum atomic E-state index is -2.24. The maximum absolute atomic E-state index is 13.8. The number of hydrogen-bond donors (Lipinski definition) is 0. The van der Waals surface area contributed by atoms with Crippen molar-refractivity contribution in [3.8, 4) is 11.3 Å².